The van der Waals surface area contributed by atoms with Crippen molar-refractivity contribution in [3.8, 4) is 6.07 Å². The van der Waals surface area contributed by atoms with Gasteiger partial charge in [0.2, 0.25) is 5.91 Å². The Labute approximate surface area is 113 Å². The molecule has 0 saturated heterocycles. The first kappa shape index (κ1) is 16.0. The van der Waals surface area contributed by atoms with Crippen LogP contribution in [0.15, 0.2) is 24.3 Å². The molecule has 1 rings (SSSR count). The Morgan fingerprint density at radius 2 is 1.85 bits per heavy atom. The lowest BCUT2D eigenvalue weighted by Crippen LogP contribution is -2.40. The van der Waals surface area contributed by atoms with Crippen LogP contribution in [0.4, 0.5) is 18.9 Å². The van der Waals surface area contributed by atoms with Crippen molar-refractivity contribution in [3.05, 3.63) is 29.8 Å². The van der Waals surface area contributed by atoms with Gasteiger partial charge in [0.1, 0.15) is 0 Å². The first-order chi connectivity index (χ1) is 9.11. The zero-order valence-electron chi connectivity index (χ0n) is 10.8. The fourth-order valence-electron chi connectivity index (χ4n) is 1.34. The van der Waals surface area contributed by atoms with Gasteiger partial charge in [0.05, 0.1) is 17.7 Å². The van der Waals surface area contributed by atoms with E-state index in [0.29, 0.717) is 0 Å². The molecule has 2 atom stereocenters. The number of anilines is 1. The van der Waals surface area contributed by atoms with Crippen LogP contribution < -0.4 is 5.32 Å². The van der Waals surface area contributed by atoms with Crippen molar-refractivity contribution in [2.24, 2.45) is 5.41 Å². The van der Waals surface area contributed by atoms with Gasteiger partial charge in [0, 0.05) is 5.69 Å². The van der Waals surface area contributed by atoms with Crippen LogP contribution in [0.2, 0.25) is 0 Å². The number of nitriles is 1. The third kappa shape index (κ3) is 3.27. The largest absolute Gasteiger partial charge is 0.416 e. The number of alkyl halides is 3. The average Bonchev–Trinajstić information content (AvgIpc) is 2.36. The number of halogens is 3. The third-order valence-corrected chi connectivity index (χ3v) is 3.01. The lowest BCUT2D eigenvalue weighted by molar-refractivity contribution is -0.137. The van der Waals surface area contributed by atoms with Gasteiger partial charge in [-0.15, -0.1) is 0 Å². The van der Waals surface area contributed by atoms with Crippen molar-refractivity contribution < 1.29 is 23.1 Å². The fraction of sp³-hybridized carbons (Fsp3) is 0.385. The predicted molar refractivity (Wildman–Crippen MR) is 65.5 cm³/mol. The SMILES string of the molecule is CC(O)C(C)(C#N)C(=O)Nc1ccc(C(F)(F)F)cc1. The first-order valence-corrected chi connectivity index (χ1v) is 5.69. The normalized spacial score (nSPS) is 15.8. The lowest BCUT2D eigenvalue weighted by Gasteiger charge is -2.23. The molecule has 0 radical (unpaired) electrons. The van der Waals surface area contributed by atoms with Crippen LogP contribution in [0.25, 0.3) is 0 Å². The Morgan fingerprint density at radius 1 is 1.35 bits per heavy atom. The van der Waals surface area contributed by atoms with Gasteiger partial charge in [-0.2, -0.15) is 18.4 Å². The van der Waals surface area contributed by atoms with Crippen molar-refractivity contribution in [3.63, 3.8) is 0 Å². The van der Waals surface area contributed by atoms with E-state index in [9.17, 15) is 23.1 Å². The number of nitrogens with zero attached hydrogens (tertiary/aromatic N) is 1. The zero-order valence-corrected chi connectivity index (χ0v) is 10.8. The van der Waals surface area contributed by atoms with E-state index in [4.69, 9.17) is 5.26 Å². The van der Waals surface area contributed by atoms with Crippen LogP contribution in [0.3, 0.4) is 0 Å². The van der Waals surface area contributed by atoms with E-state index >= 15 is 0 Å². The quantitative estimate of drug-likeness (QED) is 0.896. The van der Waals surface area contributed by atoms with E-state index in [1.165, 1.54) is 13.8 Å². The molecule has 0 aliphatic heterocycles. The summed E-state index contributed by atoms with van der Waals surface area (Å²) in [5.74, 6) is -0.783. The number of rotatable bonds is 3. The van der Waals surface area contributed by atoms with Crippen molar-refractivity contribution in [1.29, 1.82) is 5.26 Å². The maximum absolute atomic E-state index is 12.4. The Balaban J connectivity index is 2.90. The molecule has 0 aliphatic rings. The summed E-state index contributed by atoms with van der Waals surface area (Å²) in [5, 5.41) is 20.7. The van der Waals surface area contributed by atoms with Gasteiger partial charge in [0.15, 0.2) is 5.41 Å². The number of amides is 1. The molecule has 7 heteroatoms. The highest BCUT2D eigenvalue weighted by Gasteiger charge is 2.38. The van der Waals surface area contributed by atoms with E-state index in [1.807, 2.05) is 0 Å². The van der Waals surface area contributed by atoms with E-state index in [-0.39, 0.29) is 5.69 Å². The Morgan fingerprint density at radius 3 is 2.20 bits per heavy atom. The average molecular weight is 286 g/mol. The Hall–Kier alpha value is -2.07. The molecule has 0 aliphatic carbocycles. The maximum atomic E-state index is 12.4. The summed E-state index contributed by atoms with van der Waals surface area (Å²) >= 11 is 0. The molecule has 0 spiro atoms. The smallest absolute Gasteiger partial charge is 0.391 e. The number of benzene rings is 1. The predicted octanol–water partition coefficient (Wildman–Crippen LogP) is 2.55. The van der Waals surface area contributed by atoms with Crippen molar-refractivity contribution in [2.75, 3.05) is 5.32 Å². The zero-order chi connectivity index (χ0) is 15.6. The molecule has 1 aromatic carbocycles. The summed E-state index contributed by atoms with van der Waals surface area (Å²) in [6.07, 6.45) is -5.68. The summed E-state index contributed by atoms with van der Waals surface area (Å²) in [4.78, 5) is 11.9. The van der Waals surface area contributed by atoms with E-state index in [1.54, 1.807) is 6.07 Å². The molecule has 4 nitrogen and oxygen atoms in total. The van der Waals surface area contributed by atoms with Crippen LogP contribution in [0, 0.1) is 16.7 Å². The van der Waals surface area contributed by atoms with E-state index < -0.39 is 29.2 Å². The number of nitrogens with one attached hydrogen (secondary N) is 1. The van der Waals surface area contributed by atoms with Crippen molar-refractivity contribution in [1.82, 2.24) is 0 Å². The minimum atomic E-state index is -4.46. The van der Waals surface area contributed by atoms with Gasteiger partial charge >= 0.3 is 6.18 Å². The first-order valence-electron chi connectivity index (χ1n) is 5.69. The highest BCUT2D eigenvalue weighted by molar-refractivity contribution is 5.97. The molecular weight excluding hydrogens is 273 g/mol. The summed E-state index contributed by atoms with van der Waals surface area (Å²) in [5.41, 5.74) is -2.40. The van der Waals surface area contributed by atoms with Crippen LogP contribution in [-0.2, 0) is 11.0 Å². The highest BCUT2D eigenvalue weighted by Crippen LogP contribution is 2.30. The number of aliphatic hydroxyl groups excluding tert-OH is 1. The van der Waals surface area contributed by atoms with Crippen molar-refractivity contribution >= 4 is 11.6 Å². The summed E-state index contributed by atoms with van der Waals surface area (Å²) in [6, 6.07) is 5.50. The number of carbonyl (C=O) groups is 1. The molecule has 1 amide bonds. The topological polar surface area (TPSA) is 73.1 Å². The molecule has 1 aromatic rings. The fourth-order valence-corrected chi connectivity index (χ4v) is 1.34. The minimum absolute atomic E-state index is 0.116. The molecule has 2 unspecified atom stereocenters. The van der Waals surface area contributed by atoms with Crippen LogP contribution in [-0.4, -0.2) is 17.1 Å². The second-order valence-electron chi connectivity index (χ2n) is 4.52. The van der Waals surface area contributed by atoms with E-state index in [2.05, 4.69) is 5.32 Å². The summed E-state index contributed by atoms with van der Waals surface area (Å²) in [6.45, 7) is 2.53. The third-order valence-electron chi connectivity index (χ3n) is 3.01. The molecule has 0 aromatic heterocycles. The van der Waals surface area contributed by atoms with Gasteiger partial charge in [-0.05, 0) is 38.1 Å². The maximum Gasteiger partial charge on any atom is 0.416 e. The van der Waals surface area contributed by atoms with Gasteiger partial charge in [-0.1, -0.05) is 0 Å². The molecular formula is C13H13F3N2O2. The molecule has 20 heavy (non-hydrogen) atoms. The number of carbonyl (C=O) groups excluding carboxylic acids is 1. The summed E-state index contributed by atoms with van der Waals surface area (Å²) in [7, 11) is 0. The highest BCUT2D eigenvalue weighted by atomic mass is 19.4. The van der Waals surface area contributed by atoms with Crippen LogP contribution >= 0.6 is 0 Å². The van der Waals surface area contributed by atoms with Gasteiger partial charge < -0.3 is 10.4 Å². The standard InChI is InChI=1S/C13H13F3N2O2/c1-8(19)12(2,7-17)11(20)18-10-5-3-9(4-6-10)13(14,15)16/h3-6,8,19H,1-2H3,(H,18,20). The Bertz CT molecular complexity index is 532. The molecule has 0 bridgehead atoms. The molecule has 108 valence electrons. The minimum Gasteiger partial charge on any atom is -0.391 e. The van der Waals surface area contributed by atoms with Gasteiger partial charge in [-0.3, -0.25) is 4.79 Å². The Kier molecular flexibility index (Phi) is 4.40. The molecule has 0 heterocycles. The molecule has 0 fully saturated rings. The van der Waals surface area contributed by atoms with Crippen LogP contribution in [0.5, 0.6) is 0 Å². The molecule has 0 saturated carbocycles. The lowest BCUT2D eigenvalue weighted by atomic mass is 9.85. The van der Waals surface area contributed by atoms with Gasteiger partial charge in [-0.25, -0.2) is 0 Å². The number of hydrogen-bond acceptors (Lipinski definition) is 3. The monoisotopic (exact) mass is 286 g/mol. The number of hydrogen-bond donors (Lipinski definition) is 2. The number of aliphatic hydroxyl groups is 1. The summed E-state index contributed by atoms with van der Waals surface area (Å²) < 4.78 is 37.1. The van der Waals surface area contributed by atoms with Gasteiger partial charge in [0.25, 0.3) is 0 Å². The van der Waals surface area contributed by atoms with E-state index in [0.717, 1.165) is 24.3 Å². The molecule has 2 N–H and O–H groups in total. The second kappa shape index (κ2) is 5.51. The second-order valence-corrected chi connectivity index (χ2v) is 4.52. The van der Waals surface area contributed by atoms with Crippen molar-refractivity contribution in [2.45, 2.75) is 26.1 Å². The van der Waals surface area contributed by atoms with Crippen LogP contribution in [0.1, 0.15) is 19.4 Å².